The molecule has 1 aromatic carbocycles. The predicted octanol–water partition coefficient (Wildman–Crippen LogP) is 3.31. The van der Waals surface area contributed by atoms with Gasteiger partial charge in [-0.25, -0.2) is 4.98 Å². The average Bonchev–Trinajstić information content (AvgIpc) is 2.85. The molecule has 0 spiro atoms. The van der Waals surface area contributed by atoms with Crippen molar-refractivity contribution in [3.63, 3.8) is 0 Å². The van der Waals surface area contributed by atoms with E-state index in [1.165, 1.54) is 5.56 Å². The number of fused-ring (bicyclic) bond motifs is 1. The predicted molar refractivity (Wildman–Crippen MR) is 79.7 cm³/mol. The second kappa shape index (κ2) is 5.47. The van der Waals surface area contributed by atoms with Crippen LogP contribution in [0.15, 0.2) is 54.9 Å². The molecule has 0 aliphatic heterocycles. The van der Waals surface area contributed by atoms with Crippen molar-refractivity contribution >= 4 is 5.65 Å². The molecule has 0 amide bonds. The fourth-order valence-electron chi connectivity index (χ4n) is 2.52. The van der Waals surface area contributed by atoms with Gasteiger partial charge in [-0.3, -0.25) is 0 Å². The Kier molecular flexibility index (Phi) is 3.52. The Bertz CT molecular complexity index is 703. The maximum atomic E-state index is 10.4. The van der Waals surface area contributed by atoms with E-state index in [0.717, 1.165) is 23.3 Å². The molecule has 0 aliphatic rings. The lowest BCUT2D eigenvalue weighted by molar-refractivity contribution is 0.169. The number of aryl methyl sites for hydroxylation is 2. The van der Waals surface area contributed by atoms with E-state index in [-0.39, 0.29) is 0 Å². The minimum atomic E-state index is -0.485. The third kappa shape index (κ3) is 2.58. The molecule has 0 saturated heterocycles. The number of rotatable bonds is 4. The molecule has 1 unspecified atom stereocenters. The van der Waals surface area contributed by atoms with Crippen molar-refractivity contribution in [2.75, 3.05) is 0 Å². The summed E-state index contributed by atoms with van der Waals surface area (Å²) >= 11 is 0. The van der Waals surface area contributed by atoms with Gasteiger partial charge in [0.25, 0.3) is 0 Å². The van der Waals surface area contributed by atoms with Gasteiger partial charge in [-0.2, -0.15) is 0 Å². The summed E-state index contributed by atoms with van der Waals surface area (Å²) < 4.78 is 1.97. The number of aliphatic hydroxyl groups excluding tert-OH is 1. The largest absolute Gasteiger partial charge is 0.388 e. The fraction of sp³-hybridized carbons (Fsp3) is 0.235. The fourth-order valence-corrected chi connectivity index (χ4v) is 2.52. The number of hydrogen-bond acceptors (Lipinski definition) is 2. The lowest BCUT2D eigenvalue weighted by Crippen LogP contribution is -2.02. The molecule has 0 radical (unpaired) electrons. The molecule has 0 aliphatic carbocycles. The Morgan fingerprint density at radius 3 is 2.75 bits per heavy atom. The molecule has 2 aromatic heterocycles. The lowest BCUT2D eigenvalue weighted by Gasteiger charge is -2.12. The van der Waals surface area contributed by atoms with Gasteiger partial charge in [0.1, 0.15) is 5.65 Å². The first-order valence-electron chi connectivity index (χ1n) is 6.90. The molecule has 3 heteroatoms. The smallest absolute Gasteiger partial charge is 0.142 e. The monoisotopic (exact) mass is 266 g/mol. The summed E-state index contributed by atoms with van der Waals surface area (Å²) in [5.41, 5.74) is 3.97. The molecule has 3 rings (SSSR count). The Labute approximate surface area is 118 Å². The van der Waals surface area contributed by atoms with Crippen molar-refractivity contribution in [3.8, 4) is 0 Å². The van der Waals surface area contributed by atoms with Gasteiger partial charge in [0.05, 0.1) is 11.8 Å². The van der Waals surface area contributed by atoms with E-state index in [1.807, 2.05) is 54.0 Å². The molecule has 102 valence electrons. The van der Waals surface area contributed by atoms with Crippen molar-refractivity contribution in [2.45, 2.75) is 25.9 Å². The molecular formula is C17H18N2O. The summed E-state index contributed by atoms with van der Waals surface area (Å²) in [6.07, 6.45) is 5.02. The number of aromatic nitrogens is 2. The van der Waals surface area contributed by atoms with Crippen LogP contribution >= 0.6 is 0 Å². The van der Waals surface area contributed by atoms with Crippen LogP contribution in [0.3, 0.4) is 0 Å². The van der Waals surface area contributed by atoms with E-state index in [2.05, 4.69) is 17.1 Å². The van der Waals surface area contributed by atoms with E-state index >= 15 is 0 Å². The van der Waals surface area contributed by atoms with Crippen molar-refractivity contribution in [1.82, 2.24) is 9.38 Å². The molecular weight excluding hydrogens is 248 g/mol. The van der Waals surface area contributed by atoms with Gasteiger partial charge in [0.2, 0.25) is 0 Å². The van der Waals surface area contributed by atoms with E-state index in [4.69, 9.17) is 0 Å². The molecule has 0 fully saturated rings. The maximum Gasteiger partial charge on any atom is 0.142 e. The van der Waals surface area contributed by atoms with Crippen LogP contribution in [0.1, 0.15) is 29.3 Å². The number of nitrogens with zero attached hydrogens (tertiary/aromatic N) is 2. The normalized spacial score (nSPS) is 12.7. The maximum absolute atomic E-state index is 10.4. The second-order valence-corrected chi connectivity index (χ2v) is 5.12. The number of imidazole rings is 1. The van der Waals surface area contributed by atoms with Crippen LogP contribution < -0.4 is 0 Å². The Hall–Kier alpha value is -2.13. The lowest BCUT2D eigenvalue weighted by atomic mass is 10.0. The van der Waals surface area contributed by atoms with Crippen molar-refractivity contribution in [1.29, 1.82) is 0 Å². The Morgan fingerprint density at radius 2 is 1.95 bits per heavy atom. The quantitative estimate of drug-likeness (QED) is 0.786. The summed E-state index contributed by atoms with van der Waals surface area (Å²) in [4.78, 5) is 4.49. The second-order valence-electron chi connectivity index (χ2n) is 5.12. The highest BCUT2D eigenvalue weighted by molar-refractivity contribution is 5.50. The first-order chi connectivity index (χ1) is 9.74. The molecule has 3 nitrogen and oxygen atoms in total. The van der Waals surface area contributed by atoms with Crippen LogP contribution in [0.2, 0.25) is 0 Å². The highest BCUT2D eigenvalue weighted by atomic mass is 16.3. The zero-order valence-corrected chi connectivity index (χ0v) is 11.5. The number of hydrogen-bond donors (Lipinski definition) is 1. The zero-order valence-electron chi connectivity index (χ0n) is 11.5. The summed E-state index contributed by atoms with van der Waals surface area (Å²) in [7, 11) is 0. The standard InChI is InChI=1S/C17H18N2O/c1-13-12-19-11-5-8-15(17(19)18-13)16(20)10-9-14-6-3-2-4-7-14/h2-8,11-12,16,20H,9-10H2,1H3. The van der Waals surface area contributed by atoms with E-state index < -0.39 is 6.10 Å². The van der Waals surface area contributed by atoms with E-state index in [1.54, 1.807) is 0 Å². The third-order valence-corrected chi connectivity index (χ3v) is 3.54. The van der Waals surface area contributed by atoms with Crippen LogP contribution in [-0.2, 0) is 6.42 Å². The van der Waals surface area contributed by atoms with Crippen LogP contribution in [0.25, 0.3) is 5.65 Å². The number of aliphatic hydroxyl groups is 1. The van der Waals surface area contributed by atoms with Crippen LogP contribution in [0, 0.1) is 6.92 Å². The molecule has 2 heterocycles. The number of pyridine rings is 1. The molecule has 1 N–H and O–H groups in total. The van der Waals surface area contributed by atoms with Crippen molar-refractivity contribution < 1.29 is 5.11 Å². The SMILES string of the molecule is Cc1cn2cccc(C(O)CCc3ccccc3)c2n1. The minimum absolute atomic E-state index is 0.485. The topological polar surface area (TPSA) is 37.5 Å². The molecule has 3 aromatic rings. The van der Waals surface area contributed by atoms with Gasteiger partial charge in [-0.05, 0) is 31.4 Å². The molecule has 20 heavy (non-hydrogen) atoms. The first kappa shape index (κ1) is 12.9. The zero-order chi connectivity index (χ0) is 13.9. The Morgan fingerprint density at radius 1 is 1.15 bits per heavy atom. The summed E-state index contributed by atoms with van der Waals surface area (Å²) in [5, 5.41) is 10.4. The summed E-state index contributed by atoms with van der Waals surface area (Å²) in [6.45, 7) is 1.97. The van der Waals surface area contributed by atoms with Gasteiger partial charge in [-0.1, -0.05) is 36.4 Å². The third-order valence-electron chi connectivity index (χ3n) is 3.54. The summed E-state index contributed by atoms with van der Waals surface area (Å²) in [5.74, 6) is 0. The van der Waals surface area contributed by atoms with E-state index in [0.29, 0.717) is 6.42 Å². The highest BCUT2D eigenvalue weighted by Gasteiger charge is 2.13. The highest BCUT2D eigenvalue weighted by Crippen LogP contribution is 2.23. The van der Waals surface area contributed by atoms with Gasteiger partial charge in [0.15, 0.2) is 0 Å². The number of benzene rings is 1. The Balaban J connectivity index is 1.80. The first-order valence-corrected chi connectivity index (χ1v) is 6.90. The summed E-state index contributed by atoms with van der Waals surface area (Å²) in [6, 6.07) is 14.2. The average molecular weight is 266 g/mol. The molecule has 1 atom stereocenters. The van der Waals surface area contributed by atoms with Gasteiger partial charge in [0, 0.05) is 18.0 Å². The van der Waals surface area contributed by atoms with Crippen LogP contribution in [-0.4, -0.2) is 14.5 Å². The van der Waals surface area contributed by atoms with Gasteiger partial charge in [-0.15, -0.1) is 0 Å². The van der Waals surface area contributed by atoms with Crippen molar-refractivity contribution in [2.24, 2.45) is 0 Å². The van der Waals surface area contributed by atoms with Crippen LogP contribution in [0.4, 0.5) is 0 Å². The van der Waals surface area contributed by atoms with E-state index in [9.17, 15) is 5.11 Å². The minimum Gasteiger partial charge on any atom is -0.388 e. The van der Waals surface area contributed by atoms with Crippen LogP contribution in [0.5, 0.6) is 0 Å². The molecule has 0 bridgehead atoms. The van der Waals surface area contributed by atoms with Gasteiger partial charge < -0.3 is 9.51 Å². The van der Waals surface area contributed by atoms with Crippen molar-refractivity contribution in [3.05, 3.63) is 71.7 Å². The van der Waals surface area contributed by atoms with Gasteiger partial charge >= 0.3 is 0 Å². The molecule has 0 saturated carbocycles.